The Morgan fingerprint density at radius 3 is 3.00 bits per heavy atom. The second-order valence-corrected chi connectivity index (χ2v) is 3.84. The topological polar surface area (TPSA) is 59.8 Å². The molecule has 2 aromatic heterocycles. The molecule has 0 fully saturated rings. The first-order valence-electron chi connectivity index (χ1n) is 5.18. The van der Waals surface area contributed by atoms with Gasteiger partial charge in [-0.25, -0.2) is 14.1 Å². The molecule has 0 aliphatic carbocycles. The Morgan fingerprint density at radius 1 is 1.50 bits per heavy atom. The fraction of sp³-hybridized carbons (Fsp3) is 0.182. The van der Waals surface area contributed by atoms with Crippen molar-refractivity contribution in [2.45, 2.75) is 12.2 Å². The highest BCUT2D eigenvalue weighted by atomic mass is 35.5. The van der Waals surface area contributed by atoms with E-state index in [1.165, 1.54) is 0 Å². The lowest BCUT2D eigenvalue weighted by Gasteiger charge is -2.09. The van der Waals surface area contributed by atoms with Crippen LogP contribution in [0.5, 0.6) is 0 Å². The molecule has 2 heterocycles. The molecule has 0 bridgehead atoms. The molecular formula is C11H10ClFN4O. The average molecular weight is 269 g/mol. The summed E-state index contributed by atoms with van der Waals surface area (Å²) in [5.41, 5.74) is -1.33. The third-order valence-electron chi connectivity index (χ3n) is 2.24. The Labute approximate surface area is 108 Å². The van der Waals surface area contributed by atoms with Gasteiger partial charge in [-0.05, 0) is 12.1 Å². The van der Waals surface area contributed by atoms with E-state index in [-0.39, 0.29) is 6.54 Å². The predicted molar refractivity (Wildman–Crippen MR) is 64.0 cm³/mol. The van der Waals surface area contributed by atoms with Gasteiger partial charge in [0.15, 0.2) is 5.82 Å². The van der Waals surface area contributed by atoms with E-state index in [1.54, 1.807) is 41.5 Å². The number of amides is 1. The maximum absolute atomic E-state index is 12.5. The summed E-state index contributed by atoms with van der Waals surface area (Å²) in [5, 5.41) is 6.42. The fourth-order valence-corrected chi connectivity index (χ4v) is 1.51. The Morgan fingerprint density at radius 2 is 2.33 bits per heavy atom. The minimum Gasteiger partial charge on any atom is -0.348 e. The second-order valence-electron chi connectivity index (χ2n) is 3.46. The standard InChI is InChI=1S/C11H10ClFN4O/c12-9(13)11(18)15-7-8-3-1-4-14-10(8)17-6-2-5-16-17/h1-6,9H,7H2,(H,15,18). The lowest BCUT2D eigenvalue weighted by molar-refractivity contribution is -0.123. The van der Waals surface area contributed by atoms with Crippen LogP contribution in [0, 0.1) is 0 Å². The molecular weight excluding hydrogens is 259 g/mol. The van der Waals surface area contributed by atoms with Crippen molar-refractivity contribution in [1.82, 2.24) is 20.1 Å². The van der Waals surface area contributed by atoms with Crippen LogP contribution in [0.25, 0.3) is 5.82 Å². The number of carbonyl (C=O) groups excluding carboxylic acids is 1. The van der Waals surface area contributed by atoms with Crippen molar-refractivity contribution in [2.75, 3.05) is 0 Å². The van der Waals surface area contributed by atoms with Gasteiger partial charge in [0.1, 0.15) is 0 Å². The van der Waals surface area contributed by atoms with Crippen molar-refractivity contribution in [3.63, 3.8) is 0 Å². The number of alkyl halides is 2. The third-order valence-corrected chi connectivity index (χ3v) is 2.44. The molecule has 18 heavy (non-hydrogen) atoms. The summed E-state index contributed by atoms with van der Waals surface area (Å²) in [6, 6.07) is 5.25. The van der Waals surface area contributed by atoms with Gasteiger partial charge in [-0.15, -0.1) is 0 Å². The largest absolute Gasteiger partial charge is 0.348 e. The van der Waals surface area contributed by atoms with E-state index in [1.807, 2.05) is 0 Å². The smallest absolute Gasteiger partial charge is 0.270 e. The van der Waals surface area contributed by atoms with Crippen molar-refractivity contribution in [3.05, 3.63) is 42.4 Å². The molecule has 5 nitrogen and oxygen atoms in total. The van der Waals surface area contributed by atoms with Crippen molar-refractivity contribution in [1.29, 1.82) is 0 Å². The molecule has 0 radical (unpaired) electrons. The molecule has 0 saturated carbocycles. The number of nitrogens with zero attached hydrogens (tertiary/aromatic N) is 3. The highest BCUT2D eigenvalue weighted by Crippen LogP contribution is 2.10. The zero-order valence-corrected chi connectivity index (χ0v) is 10.0. The molecule has 94 valence electrons. The first kappa shape index (κ1) is 12.5. The van der Waals surface area contributed by atoms with E-state index >= 15 is 0 Å². The number of hydrogen-bond donors (Lipinski definition) is 1. The van der Waals surface area contributed by atoms with Crippen LogP contribution < -0.4 is 5.32 Å². The Kier molecular flexibility index (Phi) is 3.88. The van der Waals surface area contributed by atoms with Crippen molar-refractivity contribution >= 4 is 17.5 Å². The van der Waals surface area contributed by atoms with E-state index in [0.717, 1.165) is 0 Å². The summed E-state index contributed by atoms with van der Waals surface area (Å²) in [5.74, 6) is -0.292. The second kappa shape index (κ2) is 5.59. The molecule has 1 unspecified atom stereocenters. The van der Waals surface area contributed by atoms with Crippen LogP contribution in [-0.4, -0.2) is 26.3 Å². The molecule has 0 aliphatic heterocycles. The number of pyridine rings is 1. The van der Waals surface area contributed by atoms with Crippen molar-refractivity contribution < 1.29 is 9.18 Å². The number of hydrogen-bond acceptors (Lipinski definition) is 3. The molecule has 2 rings (SSSR count). The van der Waals surface area contributed by atoms with E-state index in [0.29, 0.717) is 11.4 Å². The average Bonchev–Trinajstić information content (AvgIpc) is 2.89. The maximum Gasteiger partial charge on any atom is 0.270 e. The van der Waals surface area contributed by atoms with Crippen LogP contribution in [0.1, 0.15) is 5.56 Å². The Balaban J connectivity index is 2.16. The number of carbonyl (C=O) groups is 1. The molecule has 2 aromatic rings. The number of aromatic nitrogens is 3. The summed E-state index contributed by atoms with van der Waals surface area (Å²) < 4.78 is 14.1. The molecule has 1 amide bonds. The van der Waals surface area contributed by atoms with E-state index in [9.17, 15) is 9.18 Å². The van der Waals surface area contributed by atoms with E-state index in [4.69, 9.17) is 11.6 Å². The highest BCUT2D eigenvalue weighted by molar-refractivity contribution is 6.29. The lowest BCUT2D eigenvalue weighted by atomic mass is 10.2. The van der Waals surface area contributed by atoms with Gasteiger partial charge in [0.2, 0.25) is 0 Å². The van der Waals surface area contributed by atoms with Gasteiger partial charge in [0, 0.05) is 30.7 Å². The summed E-state index contributed by atoms with van der Waals surface area (Å²) in [4.78, 5) is 15.2. The van der Waals surface area contributed by atoms with Gasteiger partial charge in [0.05, 0.1) is 0 Å². The van der Waals surface area contributed by atoms with Gasteiger partial charge in [-0.1, -0.05) is 17.7 Å². The SMILES string of the molecule is O=C(NCc1cccnc1-n1cccn1)C(F)Cl. The molecule has 1 N–H and O–H groups in total. The Bertz CT molecular complexity index is 530. The summed E-state index contributed by atoms with van der Waals surface area (Å²) in [7, 11) is 0. The maximum atomic E-state index is 12.5. The highest BCUT2D eigenvalue weighted by Gasteiger charge is 2.13. The minimum atomic E-state index is -2.05. The van der Waals surface area contributed by atoms with Crippen LogP contribution in [0.2, 0.25) is 0 Å². The monoisotopic (exact) mass is 268 g/mol. The van der Waals surface area contributed by atoms with Gasteiger partial charge in [0.25, 0.3) is 11.5 Å². The predicted octanol–water partition coefficient (Wildman–Crippen LogP) is 1.42. The zero-order valence-electron chi connectivity index (χ0n) is 9.25. The van der Waals surface area contributed by atoms with Crippen LogP contribution >= 0.6 is 11.6 Å². The summed E-state index contributed by atoms with van der Waals surface area (Å²) in [6.45, 7) is 0.134. The first-order valence-corrected chi connectivity index (χ1v) is 5.62. The molecule has 0 spiro atoms. The Hall–Kier alpha value is -1.95. The lowest BCUT2D eigenvalue weighted by Crippen LogP contribution is -2.29. The van der Waals surface area contributed by atoms with E-state index < -0.39 is 11.5 Å². The first-order chi connectivity index (χ1) is 8.68. The fourth-order valence-electron chi connectivity index (χ4n) is 1.43. The van der Waals surface area contributed by atoms with Crippen LogP contribution in [0.3, 0.4) is 0 Å². The van der Waals surface area contributed by atoms with Gasteiger partial charge in [-0.3, -0.25) is 4.79 Å². The zero-order chi connectivity index (χ0) is 13.0. The van der Waals surface area contributed by atoms with Crippen molar-refractivity contribution in [2.24, 2.45) is 0 Å². The van der Waals surface area contributed by atoms with Gasteiger partial charge < -0.3 is 5.32 Å². The number of rotatable bonds is 4. The van der Waals surface area contributed by atoms with Gasteiger partial charge >= 0.3 is 0 Å². The summed E-state index contributed by atoms with van der Waals surface area (Å²) in [6.07, 6.45) is 4.96. The quantitative estimate of drug-likeness (QED) is 0.853. The third kappa shape index (κ3) is 2.84. The molecule has 1 atom stereocenters. The molecule has 0 aromatic carbocycles. The number of halogens is 2. The van der Waals surface area contributed by atoms with Crippen LogP contribution in [-0.2, 0) is 11.3 Å². The molecule has 7 heteroatoms. The van der Waals surface area contributed by atoms with Gasteiger partial charge in [-0.2, -0.15) is 5.10 Å². The van der Waals surface area contributed by atoms with Crippen molar-refractivity contribution in [3.8, 4) is 5.82 Å². The van der Waals surface area contributed by atoms with Crippen LogP contribution in [0.15, 0.2) is 36.8 Å². The summed E-state index contributed by atoms with van der Waals surface area (Å²) >= 11 is 5.02. The van der Waals surface area contributed by atoms with E-state index in [2.05, 4.69) is 15.4 Å². The van der Waals surface area contributed by atoms with Crippen LogP contribution in [0.4, 0.5) is 4.39 Å². The molecule has 0 aliphatic rings. The minimum absolute atomic E-state index is 0.134. The normalized spacial score (nSPS) is 12.1. The molecule has 0 saturated heterocycles. The number of nitrogens with one attached hydrogen (secondary N) is 1.